The Morgan fingerprint density at radius 3 is 2.93 bits per heavy atom. The number of aromatic nitrogens is 1. The molecule has 1 aliphatic rings. The normalized spacial score (nSPS) is 22.2. The standard InChI is InChI=1S/C11H16N2S/c1-8-6-11(14)13-7-9(8)10-4-2-3-5-12-10/h6-7,10,12H,2-5H2,1H3,(H,13,14)/t10-/m1/s1. The number of aryl methyl sites for hydroxylation is 1. The Morgan fingerprint density at radius 2 is 2.29 bits per heavy atom. The van der Waals surface area contributed by atoms with Crippen molar-refractivity contribution in [1.29, 1.82) is 0 Å². The van der Waals surface area contributed by atoms with Crippen molar-refractivity contribution in [2.24, 2.45) is 0 Å². The highest BCUT2D eigenvalue weighted by molar-refractivity contribution is 7.71. The molecule has 2 heterocycles. The van der Waals surface area contributed by atoms with Gasteiger partial charge in [0.25, 0.3) is 0 Å². The smallest absolute Gasteiger partial charge is 0.103 e. The topological polar surface area (TPSA) is 27.8 Å². The van der Waals surface area contributed by atoms with E-state index in [-0.39, 0.29) is 0 Å². The summed E-state index contributed by atoms with van der Waals surface area (Å²) < 4.78 is 0.821. The van der Waals surface area contributed by atoms with Crippen LogP contribution in [-0.4, -0.2) is 11.5 Å². The number of nitrogens with one attached hydrogen (secondary N) is 2. The average Bonchev–Trinajstić information content (AvgIpc) is 2.19. The van der Waals surface area contributed by atoms with E-state index in [2.05, 4.69) is 23.4 Å². The first-order chi connectivity index (χ1) is 6.77. The van der Waals surface area contributed by atoms with Crippen molar-refractivity contribution < 1.29 is 0 Å². The Hall–Kier alpha value is -0.670. The number of hydrogen-bond donors (Lipinski definition) is 2. The van der Waals surface area contributed by atoms with E-state index in [1.54, 1.807) is 0 Å². The van der Waals surface area contributed by atoms with Gasteiger partial charge in [0, 0.05) is 12.2 Å². The van der Waals surface area contributed by atoms with Crippen molar-refractivity contribution in [2.75, 3.05) is 6.54 Å². The van der Waals surface area contributed by atoms with Gasteiger partial charge in [-0.2, -0.15) is 0 Å². The zero-order valence-electron chi connectivity index (χ0n) is 8.47. The molecule has 0 bridgehead atoms. The summed E-state index contributed by atoms with van der Waals surface area (Å²) in [7, 11) is 0. The molecule has 2 N–H and O–H groups in total. The fraction of sp³-hybridized carbons (Fsp3) is 0.545. The fourth-order valence-electron chi connectivity index (χ4n) is 2.08. The lowest BCUT2D eigenvalue weighted by Gasteiger charge is -2.24. The molecule has 0 unspecified atom stereocenters. The average molecular weight is 208 g/mol. The van der Waals surface area contributed by atoms with Crippen molar-refractivity contribution in [3.05, 3.63) is 28.0 Å². The van der Waals surface area contributed by atoms with Crippen LogP contribution in [0, 0.1) is 11.6 Å². The first-order valence-corrected chi connectivity index (χ1v) is 5.61. The van der Waals surface area contributed by atoms with E-state index in [0.717, 1.165) is 11.2 Å². The van der Waals surface area contributed by atoms with Gasteiger partial charge in [-0.15, -0.1) is 0 Å². The first-order valence-electron chi connectivity index (χ1n) is 5.20. The molecule has 1 atom stereocenters. The monoisotopic (exact) mass is 208 g/mol. The highest BCUT2D eigenvalue weighted by Gasteiger charge is 2.15. The summed E-state index contributed by atoms with van der Waals surface area (Å²) in [5, 5.41) is 3.54. The van der Waals surface area contributed by atoms with Crippen LogP contribution in [0.1, 0.15) is 36.4 Å². The van der Waals surface area contributed by atoms with Gasteiger partial charge >= 0.3 is 0 Å². The maximum absolute atomic E-state index is 5.08. The zero-order valence-corrected chi connectivity index (χ0v) is 9.29. The van der Waals surface area contributed by atoms with Gasteiger partial charge in [-0.05, 0) is 43.5 Å². The summed E-state index contributed by atoms with van der Waals surface area (Å²) in [4.78, 5) is 3.11. The molecule has 0 aliphatic carbocycles. The molecule has 2 rings (SSSR count). The van der Waals surface area contributed by atoms with E-state index < -0.39 is 0 Å². The summed E-state index contributed by atoms with van der Waals surface area (Å²) in [5.74, 6) is 0. The summed E-state index contributed by atoms with van der Waals surface area (Å²) in [6.45, 7) is 3.27. The Balaban J connectivity index is 2.26. The van der Waals surface area contributed by atoms with Crippen LogP contribution in [0.25, 0.3) is 0 Å². The summed E-state index contributed by atoms with van der Waals surface area (Å²) in [6, 6.07) is 2.57. The van der Waals surface area contributed by atoms with Crippen LogP contribution < -0.4 is 5.32 Å². The maximum Gasteiger partial charge on any atom is 0.103 e. The lowest BCUT2D eigenvalue weighted by Crippen LogP contribution is -2.27. The number of piperidine rings is 1. The predicted octanol–water partition coefficient (Wildman–Crippen LogP) is 2.87. The Kier molecular flexibility index (Phi) is 2.99. The van der Waals surface area contributed by atoms with E-state index >= 15 is 0 Å². The van der Waals surface area contributed by atoms with Gasteiger partial charge in [-0.25, -0.2) is 0 Å². The van der Waals surface area contributed by atoms with Gasteiger partial charge in [0.2, 0.25) is 0 Å². The fourth-order valence-corrected chi connectivity index (χ4v) is 2.31. The third-order valence-corrected chi connectivity index (χ3v) is 3.09. The maximum atomic E-state index is 5.08. The van der Waals surface area contributed by atoms with E-state index in [1.807, 2.05) is 6.07 Å². The van der Waals surface area contributed by atoms with Crippen molar-refractivity contribution in [2.45, 2.75) is 32.2 Å². The second-order valence-electron chi connectivity index (χ2n) is 3.94. The van der Waals surface area contributed by atoms with Gasteiger partial charge in [0.1, 0.15) is 4.64 Å². The molecule has 76 valence electrons. The number of aromatic amines is 1. The van der Waals surface area contributed by atoms with Crippen LogP contribution in [0.4, 0.5) is 0 Å². The van der Waals surface area contributed by atoms with Crippen LogP contribution in [0.5, 0.6) is 0 Å². The van der Waals surface area contributed by atoms with Gasteiger partial charge in [0.05, 0.1) is 0 Å². The molecule has 0 radical (unpaired) electrons. The Bertz CT molecular complexity index is 364. The molecule has 3 heteroatoms. The predicted molar refractivity (Wildman–Crippen MR) is 61.0 cm³/mol. The van der Waals surface area contributed by atoms with Gasteiger partial charge in [-0.1, -0.05) is 18.6 Å². The van der Waals surface area contributed by atoms with Crippen molar-refractivity contribution in [1.82, 2.24) is 10.3 Å². The summed E-state index contributed by atoms with van der Waals surface area (Å²) >= 11 is 5.08. The second-order valence-corrected chi connectivity index (χ2v) is 4.38. The first kappa shape index (κ1) is 9.87. The van der Waals surface area contributed by atoms with Gasteiger partial charge < -0.3 is 10.3 Å². The minimum atomic E-state index is 0.524. The highest BCUT2D eigenvalue weighted by Crippen LogP contribution is 2.24. The van der Waals surface area contributed by atoms with E-state index in [4.69, 9.17) is 12.2 Å². The summed E-state index contributed by atoms with van der Waals surface area (Å²) in [6.07, 6.45) is 5.93. The van der Waals surface area contributed by atoms with E-state index in [1.165, 1.54) is 30.4 Å². The molecule has 0 amide bonds. The van der Waals surface area contributed by atoms with Crippen LogP contribution >= 0.6 is 12.2 Å². The molecular weight excluding hydrogens is 192 g/mol. The lowest BCUT2D eigenvalue weighted by molar-refractivity contribution is 0.410. The molecule has 0 saturated carbocycles. The summed E-state index contributed by atoms with van der Waals surface area (Å²) in [5.41, 5.74) is 2.67. The van der Waals surface area contributed by atoms with E-state index in [9.17, 15) is 0 Å². The van der Waals surface area contributed by atoms with Crippen LogP contribution in [-0.2, 0) is 0 Å². The third kappa shape index (κ3) is 2.04. The molecule has 1 aromatic rings. The second kappa shape index (κ2) is 4.24. The lowest BCUT2D eigenvalue weighted by atomic mass is 9.96. The number of H-pyrrole nitrogens is 1. The van der Waals surface area contributed by atoms with E-state index in [0.29, 0.717) is 6.04 Å². The van der Waals surface area contributed by atoms with Crippen molar-refractivity contribution in [3.63, 3.8) is 0 Å². The highest BCUT2D eigenvalue weighted by atomic mass is 32.1. The van der Waals surface area contributed by atoms with Crippen molar-refractivity contribution >= 4 is 12.2 Å². The number of pyridine rings is 1. The molecule has 1 fully saturated rings. The van der Waals surface area contributed by atoms with Gasteiger partial charge in [-0.3, -0.25) is 0 Å². The molecule has 14 heavy (non-hydrogen) atoms. The van der Waals surface area contributed by atoms with Crippen molar-refractivity contribution in [3.8, 4) is 0 Å². The van der Waals surface area contributed by atoms with Crippen LogP contribution in [0.2, 0.25) is 0 Å². The SMILES string of the molecule is Cc1cc(=S)[nH]cc1[C@H]1CCCCN1. The van der Waals surface area contributed by atoms with Crippen LogP contribution in [0.3, 0.4) is 0 Å². The molecule has 1 aromatic heterocycles. The van der Waals surface area contributed by atoms with Gasteiger partial charge in [0.15, 0.2) is 0 Å². The zero-order chi connectivity index (χ0) is 9.97. The number of rotatable bonds is 1. The minimum absolute atomic E-state index is 0.524. The molecule has 1 saturated heterocycles. The third-order valence-electron chi connectivity index (χ3n) is 2.86. The molecule has 1 aliphatic heterocycles. The Morgan fingerprint density at radius 1 is 1.43 bits per heavy atom. The minimum Gasteiger partial charge on any atom is -0.353 e. The number of hydrogen-bond acceptors (Lipinski definition) is 2. The molecular formula is C11H16N2S. The molecule has 0 spiro atoms. The molecule has 0 aromatic carbocycles. The molecule has 2 nitrogen and oxygen atoms in total. The largest absolute Gasteiger partial charge is 0.353 e. The quantitative estimate of drug-likeness (QED) is 0.695. The Labute approximate surface area is 89.7 Å². The van der Waals surface area contributed by atoms with Crippen LogP contribution in [0.15, 0.2) is 12.3 Å².